The number of nitriles is 1. The van der Waals surface area contributed by atoms with Gasteiger partial charge in [0.05, 0.1) is 6.07 Å². The van der Waals surface area contributed by atoms with Crippen LogP contribution in [-0.4, -0.2) is 5.78 Å². The highest BCUT2D eigenvalue weighted by Crippen LogP contribution is 2.20. The van der Waals surface area contributed by atoms with Gasteiger partial charge in [-0.05, 0) is 12.5 Å². The molecule has 1 aromatic carbocycles. The molecular formula is C13H15NO. The number of nitrogens with zero attached hydrogens (tertiary/aromatic N) is 1. The van der Waals surface area contributed by atoms with Crippen LogP contribution in [0.5, 0.6) is 0 Å². The normalized spacial score (nSPS) is 12.2. The lowest BCUT2D eigenvalue weighted by molar-refractivity contribution is -0.122. The van der Waals surface area contributed by atoms with Crippen LogP contribution in [0.2, 0.25) is 0 Å². The Morgan fingerprint density at radius 2 is 2.07 bits per heavy atom. The van der Waals surface area contributed by atoms with Crippen molar-refractivity contribution < 1.29 is 4.79 Å². The van der Waals surface area contributed by atoms with Crippen molar-refractivity contribution in [2.24, 2.45) is 5.92 Å². The van der Waals surface area contributed by atoms with Crippen LogP contribution in [0.1, 0.15) is 30.9 Å². The zero-order chi connectivity index (χ0) is 11.4. The zero-order valence-corrected chi connectivity index (χ0v) is 9.32. The van der Waals surface area contributed by atoms with E-state index in [1.807, 2.05) is 45.0 Å². The first-order valence-corrected chi connectivity index (χ1v) is 5.06. The van der Waals surface area contributed by atoms with Crippen LogP contribution in [0.3, 0.4) is 0 Å². The molecule has 2 heteroatoms. The number of carbonyl (C=O) groups is 1. The number of rotatable bonds is 3. The summed E-state index contributed by atoms with van der Waals surface area (Å²) in [5.41, 5.74) is 1.88. The second-order valence-electron chi connectivity index (χ2n) is 4.03. The van der Waals surface area contributed by atoms with E-state index < -0.39 is 5.92 Å². The molecule has 1 rings (SSSR count). The highest BCUT2D eigenvalue weighted by Gasteiger charge is 2.22. The van der Waals surface area contributed by atoms with Gasteiger partial charge in [-0.15, -0.1) is 0 Å². The molecule has 0 aliphatic heterocycles. The third-order valence-electron chi connectivity index (χ3n) is 2.36. The molecule has 0 bridgehead atoms. The van der Waals surface area contributed by atoms with Crippen LogP contribution < -0.4 is 0 Å². The molecular weight excluding hydrogens is 186 g/mol. The van der Waals surface area contributed by atoms with Crippen LogP contribution >= 0.6 is 0 Å². The molecule has 1 aromatic rings. The summed E-state index contributed by atoms with van der Waals surface area (Å²) in [6.45, 7) is 5.60. The van der Waals surface area contributed by atoms with E-state index in [1.54, 1.807) is 0 Å². The molecule has 0 aliphatic rings. The van der Waals surface area contributed by atoms with Crippen LogP contribution in [0.15, 0.2) is 24.3 Å². The summed E-state index contributed by atoms with van der Waals surface area (Å²) in [6.07, 6.45) is 0. The summed E-state index contributed by atoms with van der Waals surface area (Å²) in [5.74, 6) is -0.733. The molecule has 0 amide bonds. The van der Waals surface area contributed by atoms with E-state index in [1.165, 1.54) is 0 Å². The molecule has 0 spiro atoms. The molecule has 0 heterocycles. The van der Waals surface area contributed by atoms with Crippen LogP contribution in [0.25, 0.3) is 0 Å². The molecule has 2 nitrogen and oxygen atoms in total. The van der Waals surface area contributed by atoms with Crippen LogP contribution in [-0.2, 0) is 4.79 Å². The second kappa shape index (κ2) is 4.75. The average molecular weight is 201 g/mol. The van der Waals surface area contributed by atoms with E-state index in [0.29, 0.717) is 0 Å². The number of hydrogen-bond donors (Lipinski definition) is 0. The summed E-state index contributed by atoms with van der Waals surface area (Å²) >= 11 is 0. The third-order valence-corrected chi connectivity index (χ3v) is 2.36. The van der Waals surface area contributed by atoms with Gasteiger partial charge in [-0.3, -0.25) is 4.79 Å². The van der Waals surface area contributed by atoms with E-state index in [2.05, 4.69) is 6.07 Å². The Balaban J connectivity index is 3.04. The van der Waals surface area contributed by atoms with E-state index >= 15 is 0 Å². The van der Waals surface area contributed by atoms with Crippen molar-refractivity contribution in [1.29, 1.82) is 5.26 Å². The summed E-state index contributed by atoms with van der Waals surface area (Å²) in [7, 11) is 0. The fraction of sp³-hybridized carbons (Fsp3) is 0.385. The maximum atomic E-state index is 11.8. The predicted molar refractivity (Wildman–Crippen MR) is 59.4 cm³/mol. The van der Waals surface area contributed by atoms with Gasteiger partial charge in [0.25, 0.3) is 0 Å². The molecule has 1 unspecified atom stereocenters. The van der Waals surface area contributed by atoms with Gasteiger partial charge in [-0.25, -0.2) is 0 Å². The average Bonchev–Trinajstić information content (AvgIpc) is 2.18. The molecule has 0 aliphatic carbocycles. The Bertz CT molecular complexity index is 401. The number of Topliss-reactive ketones (excluding diaryl/α,β-unsaturated/α-hetero) is 1. The Morgan fingerprint density at radius 1 is 1.40 bits per heavy atom. The molecule has 0 radical (unpaired) electrons. The molecule has 0 saturated carbocycles. The van der Waals surface area contributed by atoms with Crippen molar-refractivity contribution in [3.05, 3.63) is 35.4 Å². The van der Waals surface area contributed by atoms with Gasteiger partial charge >= 0.3 is 0 Å². The zero-order valence-electron chi connectivity index (χ0n) is 9.32. The minimum atomic E-state index is -0.620. The van der Waals surface area contributed by atoms with Crippen molar-refractivity contribution >= 4 is 5.78 Å². The Kier molecular flexibility index (Phi) is 3.62. The van der Waals surface area contributed by atoms with Crippen molar-refractivity contribution in [2.75, 3.05) is 0 Å². The third kappa shape index (κ3) is 2.66. The fourth-order valence-corrected chi connectivity index (χ4v) is 1.49. The van der Waals surface area contributed by atoms with Crippen molar-refractivity contribution in [3.8, 4) is 6.07 Å². The Labute approximate surface area is 90.5 Å². The Hall–Kier alpha value is -1.62. The predicted octanol–water partition coefficient (Wildman–Crippen LogP) is 2.83. The van der Waals surface area contributed by atoms with Crippen molar-refractivity contribution in [3.63, 3.8) is 0 Å². The second-order valence-corrected chi connectivity index (χ2v) is 4.03. The highest BCUT2D eigenvalue weighted by molar-refractivity contribution is 5.89. The quantitative estimate of drug-likeness (QED) is 0.754. The lowest BCUT2D eigenvalue weighted by Gasteiger charge is -2.11. The van der Waals surface area contributed by atoms with E-state index in [9.17, 15) is 4.79 Å². The number of aryl methyl sites for hydroxylation is 1. The maximum absolute atomic E-state index is 11.8. The standard InChI is InChI=1S/C13H15NO/c1-9(2)13(15)12(8-14)11-6-4-5-10(3)7-11/h4-7,9,12H,1-3H3. The fourth-order valence-electron chi connectivity index (χ4n) is 1.49. The molecule has 0 fully saturated rings. The molecule has 0 N–H and O–H groups in total. The van der Waals surface area contributed by atoms with Gasteiger partial charge in [0.15, 0.2) is 5.78 Å². The first-order valence-electron chi connectivity index (χ1n) is 5.06. The van der Waals surface area contributed by atoms with Gasteiger partial charge in [-0.2, -0.15) is 5.26 Å². The van der Waals surface area contributed by atoms with Crippen LogP contribution in [0, 0.1) is 24.2 Å². The number of benzene rings is 1. The summed E-state index contributed by atoms with van der Waals surface area (Å²) in [4.78, 5) is 11.8. The monoisotopic (exact) mass is 201 g/mol. The maximum Gasteiger partial charge on any atom is 0.156 e. The minimum absolute atomic E-state index is 0.0110. The lowest BCUT2D eigenvalue weighted by atomic mass is 9.89. The lowest BCUT2D eigenvalue weighted by Crippen LogP contribution is -2.16. The SMILES string of the molecule is Cc1cccc(C(C#N)C(=O)C(C)C)c1. The molecule has 1 atom stereocenters. The first kappa shape index (κ1) is 11.5. The Morgan fingerprint density at radius 3 is 2.53 bits per heavy atom. The smallest absolute Gasteiger partial charge is 0.156 e. The number of carbonyl (C=O) groups excluding carboxylic acids is 1. The van der Waals surface area contributed by atoms with Gasteiger partial charge in [0.1, 0.15) is 5.92 Å². The molecule has 15 heavy (non-hydrogen) atoms. The van der Waals surface area contributed by atoms with E-state index in [0.717, 1.165) is 11.1 Å². The topological polar surface area (TPSA) is 40.9 Å². The van der Waals surface area contributed by atoms with Gasteiger partial charge < -0.3 is 0 Å². The number of ketones is 1. The minimum Gasteiger partial charge on any atom is -0.298 e. The summed E-state index contributed by atoms with van der Waals surface area (Å²) in [5, 5.41) is 9.02. The summed E-state index contributed by atoms with van der Waals surface area (Å²) < 4.78 is 0. The van der Waals surface area contributed by atoms with Crippen molar-refractivity contribution in [2.45, 2.75) is 26.7 Å². The first-order chi connectivity index (χ1) is 7.06. The van der Waals surface area contributed by atoms with E-state index in [-0.39, 0.29) is 11.7 Å². The van der Waals surface area contributed by atoms with Gasteiger partial charge in [0.2, 0.25) is 0 Å². The van der Waals surface area contributed by atoms with E-state index in [4.69, 9.17) is 5.26 Å². The van der Waals surface area contributed by atoms with Gasteiger partial charge in [-0.1, -0.05) is 43.7 Å². The molecule has 0 aromatic heterocycles. The molecule has 78 valence electrons. The highest BCUT2D eigenvalue weighted by atomic mass is 16.1. The molecule has 0 saturated heterocycles. The largest absolute Gasteiger partial charge is 0.298 e. The van der Waals surface area contributed by atoms with Crippen LogP contribution in [0.4, 0.5) is 0 Å². The van der Waals surface area contributed by atoms with Crippen molar-refractivity contribution in [1.82, 2.24) is 0 Å². The van der Waals surface area contributed by atoms with Gasteiger partial charge in [0, 0.05) is 5.92 Å². The number of hydrogen-bond acceptors (Lipinski definition) is 2. The summed E-state index contributed by atoms with van der Waals surface area (Å²) in [6, 6.07) is 9.64.